The Morgan fingerprint density at radius 3 is 2.89 bits per heavy atom. The molecule has 1 aromatic carbocycles. The molecule has 8 heteroatoms. The summed E-state index contributed by atoms with van der Waals surface area (Å²) < 4.78 is 3.53. The molecule has 132 valence electrons. The van der Waals surface area contributed by atoms with Crippen molar-refractivity contribution in [2.24, 2.45) is 7.05 Å². The molecule has 0 unspecified atom stereocenters. The van der Waals surface area contributed by atoms with Crippen LogP contribution in [0.1, 0.15) is 5.56 Å². The van der Waals surface area contributed by atoms with Gasteiger partial charge >= 0.3 is 0 Å². The number of hydrogen-bond donors (Lipinski definition) is 1. The van der Waals surface area contributed by atoms with Gasteiger partial charge in [0.1, 0.15) is 5.52 Å². The highest BCUT2D eigenvalue weighted by Gasteiger charge is 2.10. The maximum Gasteiger partial charge on any atom is 0.248 e. The zero-order chi connectivity index (χ0) is 18.4. The van der Waals surface area contributed by atoms with E-state index in [1.165, 1.54) is 6.07 Å². The molecule has 4 aromatic heterocycles. The van der Waals surface area contributed by atoms with Gasteiger partial charge in [-0.1, -0.05) is 11.3 Å². The van der Waals surface area contributed by atoms with Crippen LogP contribution in [0.5, 0.6) is 0 Å². The summed E-state index contributed by atoms with van der Waals surface area (Å²) in [4.78, 5) is 19.0. The second-order valence-corrected chi connectivity index (χ2v) is 6.43. The van der Waals surface area contributed by atoms with E-state index in [-0.39, 0.29) is 5.56 Å². The minimum atomic E-state index is -0.107. The van der Waals surface area contributed by atoms with Crippen LogP contribution in [0.25, 0.3) is 33.3 Å². The van der Waals surface area contributed by atoms with Crippen LogP contribution in [0.2, 0.25) is 0 Å². The van der Waals surface area contributed by atoms with Gasteiger partial charge in [0.25, 0.3) is 0 Å². The lowest BCUT2D eigenvalue weighted by Gasteiger charge is -2.05. The number of aromatic amines is 1. The monoisotopic (exact) mass is 357 g/mol. The SMILES string of the molecule is Cn1cc(-c2ccc3nnn(Cc4ccc5[nH]c(=O)ccc5c4)c3n2)cn1. The Balaban J connectivity index is 1.54. The van der Waals surface area contributed by atoms with Gasteiger partial charge in [-0.25, -0.2) is 9.67 Å². The maximum atomic E-state index is 11.4. The van der Waals surface area contributed by atoms with E-state index in [1.54, 1.807) is 15.6 Å². The van der Waals surface area contributed by atoms with Crippen molar-refractivity contribution in [3.8, 4) is 11.3 Å². The molecule has 27 heavy (non-hydrogen) atoms. The fourth-order valence-electron chi connectivity index (χ4n) is 3.15. The van der Waals surface area contributed by atoms with E-state index >= 15 is 0 Å². The summed E-state index contributed by atoms with van der Waals surface area (Å²) in [5.74, 6) is 0. The lowest BCUT2D eigenvalue weighted by molar-refractivity contribution is 0.665. The molecule has 4 heterocycles. The number of fused-ring (bicyclic) bond motifs is 2. The quantitative estimate of drug-likeness (QED) is 0.534. The smallest absolute Gasteiger partial charge is 0.248 e. The van der Waals surface area contributed by atoms with Crippen molar-refractivity contribution in [1.29, 1.82) is 0 Å². The van der Waals surface area contributed by atoms with Crippen molar-refractivity contribution in [3.63, 3.8) is 0 Å². The highest BCUT2D eigenvalue weighted by molar-refractivity contribution is 5.79. The van der Waals surface area contributed by atoms with Crippen LogP contribution >= 0.6 is 0 Å². The molecule has 1 N–H and O–H groups in total. The number of aromatic nitrogens is 7. The van der Waals surface area contributed by atoms with Crippen LogP contribution in [0.4, 0.5) is 0 Å². The second-order valence-electron chi connectivity index (χ2n) is 6.43. The number of benzene rings is 1. The molecule has 8 nitrogen and oxygen atoms in total. The first-order chi connectivity index (χ1) is 13.2. The molecule has 0 saturated heterocycles. The van der Waals surface area contributed by atoms with E-state index in [0.29, 0.717) is 6.54 Å². The van der Waals surface area contributed by atoms with E-state index in [1.807, 2.05) is 49.6 Å². The van der Waals surface area contributed by atoms with Crippen molar-refractivity contribution >= 4 is 22.1 Å². The predicted octanol–water partition coefficient (Wildman–Crippen LogP) is 2.12. The Bertz CT molecular complexity index is 1350. The largest absolute Gasteiger partial charge is 0.322 e. The van der Waals surface area contributed by atoms with Crippen LogP contribution in [-0.2, 0) is 13.6 Å². The van der Waals surface area contributed by atoms with Gasteiger partial charge in [0.2, 0.25) is 5.56 Å². The van der Waals surface area contributed by atoms with Gasteiger partial charge in [-0.3, -0.25) is 9.48 Å². The number of nitrogens with one attached hydrogen (secondary N) is 1. The Hall–Kier alpha value is -3.81. The third-order valence-electron chi connectivity index (χ3n) is 4.48. The van der Waals surface area contributed by atoms with Gasteiger partial charge in [0, 0.05) is 30.4 Å². The van der Waals surface area contributed by atoms with Gasteiger partial charge in [-0.05, 0) is 41.3 Å². The van der Waals surface area contributed by atoms with Gasteiger partial charge in [0.05, 0.1) is 18.4 Å². The molecule has 0 bridgehead atoms. The fraction of sp³-hybridized carbons (Fsp3) is 0.105. The number of hydrogen-bond acceptors (Lipinski definition) is 5. The summed E-state index contributed by atoms with van der Waals surface area (Å²) in [5.41, 5.74) is 4.99. The molecule has 0 aliphatic heterocycles. The first kappa shape index (κ1) is 15.4. The molecule has 5 aromatic rings. The second kappa shape index (κ2) is 5.87. The molecule has 0 atom stereocenters. The van der Waals surface area contributed by atoms with Gasteiger partial charge in [0.15, 0.2) is 5.65 Å². The number of H-pyrrole nitrogens is 1. The Morgan fingerprint density at radius 1 is 1.11 bits per heavy atom. The van der Waals surface area contributed by atoms with Crippen LogP contribution in [0, 0.1) is 0 Å². The summed E-state index contributed by atoms with van der Waals surface area (Å²) in [7, 11) is 1.88. The van der Waals surface area contributed by atoms with Gasteiger partial charge < -0.3 is 4.98 Å². The summed E-state index contributed by atoms with van der Waals surface area (Å²) >= 11 is 0. The van der Waals surface area contributed by atoms with E-state index in [4.69, 9.17) is 4.98 Å². The summed E-state index contributed by atoms with van der Waals surface area (Å²) in [6.07, 6.45) is 3.71. The van der Waals surface area contributed by atoms with Crippen molar-refractivity contribution in [2.45, 2.75) is 6.54 Å². The minimum Gasteiger partial charge on any atom is -0.322 e. The molecule has 0 amide bonds. The molecule has 0 aliphatic rings. The van der Waals surface area contributed by atoms with E-state index in [2.05, 4.69) is 20.4 Å². The zero-order valence-corrected chi connectivity index (χ0v) is 14.5. The summed E-state index contributed by atoms with van der Waals surface area (Å²) in [6.45, 7) is 0.537. The molecule has 0 saturated carbocycles. The van der Waals surface area contributed by atoms with Crippen molar-refractivity contribution in [2.75, 3.05) is 0 Å². The van der Waals surface area contributed by atoms with E-state index in [9.17, 15) is 4.79 Å². The number of aryl methyl sites for hydroxylation is 1. The van der Waals surface area contributed by atoms with Crippen molar-refractivity contribution < 1.29 is 0 Å². The Labute approximate surface area is 153 Å². The average Bonchev–Trinajstić information content (AvgIpc) is 3.28. The number of rotatable bonds is 3. The number of pyridine rings is 2. The number of nitrogens with zero attached hydrogens (tertiary/aromatic N) is 6. The van der Waals surface area contributed by atoms with Crippen molar-refractivity contribution in [3.05, 3.63) is 70.8 Å². The van der Waals surface area contributed by atoms with Gasteiger partial charge in [-0.2, -0.15) is 5.10 Å². The highest BCUT2D eigenvalue weighted by Crippen LogP contribution is 2.20. The summed E-state index contributed by atoms with van der Waals surface area (Å²) in [5, 5.41) is 13.6. The molecular weight excluding hydrogens is 342 g/mol. The topological polar surface area (TPSA) is 94.3 Å². The van der Waals surface area contributed by atoms with Crippen LogP contribution < -0.4 is 5.56 Å². The lowest BCUT2D eigenvalue weighted by atomic mass is 10.1. The first-order valence-corrected chi connectivity index (χ1v) is 8.47. The lowest BCUT2D eigenvalue weighted by Crippen LogP contribution is -2.05. The van der Waals surface area contributed by atoms with Gasteiger partial charge in [-0.15, -0.1) is 5.10 Å². The van der Waals surface area contributed by atoms with Crippen LogP contribution in [0.15, 0.2) is 59.7 Å². The minimum absolute atomic E-state index is 0.107. The zero-order valence-electron chi connectivity index (χ0n) is 14.5. The maximum absolute atomic E-state index is 11.4. The van der Waals surface area contributed by atoms with Crippen LogP contribution in [-0.4, -0.2) is 34.7 Å². The molecule has 0 aliphatic carbocycles. The fourth-order valence-corrected chi connectivity index (χ4v) is 3.15. The van der Waals surface area contributed by atoms with E-state index < -0.39 is 0 Å². The Kier molecular flexibility index (Phi) is 3.36. The molecule has 5 rings (SSSR count). The third kappa shape index (κ3) is 2.77. The van der Waals surface area contributed by atoms with E-state index in [0.717, 1.165) is 38.9 Å². The van der Waals surface area contributed by atoms with Crippen molar-refractivity contribution in [1.82, 2.24) is 34.7 Å². The molecule has 0 radical (unpaired) electrons. The third-order valence-corrected chi connectivity index (χ3v) is 4.48. The average molecular weight is 357 g/mol. The molecular formula is C19H15N7O. The van der Waals surface area contributed by atoms with Crippen LogP contribution in [0.3, 0.4) is 0 Å². The normalized spacial score (nSPS) is 11.4. The predicted molar refractivity (Wildman–Crippen MR) is 101 cm³/mol. The summed E-state index contributed by atoms with van der Waals surface area (Å²) in [6, 6.07) is 13.1. The first-order valence-electron chi connectivity index (χ1n) is 8.47. The molecule has 0 spiro atoms. The highest BCUT2D eigenvalue weighted by atomic mass is 16.1. The standard InChI is InChI=1S/C19H15N7O/c1-25-11-14(9-20-25)16-5-6-17-19(22-16)26(24-23-17)10-12-2-4-15-13(8-12)3-7-18(27)21-15/h2-9,11H,10H2,1H3,(H,21,27). The molecule has 0 fully saturated rings. The Morgan fingerprint density at radius 2 is 2.04 bits per heavy atom.